The molecule has 0 saturated carbocycles. The third kappa shape index (κ3) is 5.24. The van der Waals surface area contributed by atoms with E-state index in [9.17, 15) is 0 Å². The van der Waals surface area contributed by atoms with Crippen LogP contribution in [0.5, 0.6) is 0 Å². The Labute approximate surface area is 132 Å². The average Bonchev–Trinajstić information content (AvgIpc) is 3.06. The highest BCUT2D eigenvalue weighted by molar-refractivity contribution is 5.80. The molecule has 1 aromatic heterocycles. The van der Waals surface area contributed by atoms with Crippen molar-refractivity contribution in [3.63, 3.8) is 0 Å². The van der Waals surface area contributed by atoms with Gasteiger partial charge in [0.15, 0.2) is 5.96 Å². The first kappa shape index (κ1) is 16.1. The van der Waals surface area contributed by atoms with Crippen LogP contribution in [0.1, 0.15) is 31.9 Å². The van der Waals surface area contributed by atoms with Crippen molar-refractivity contribution in [2.45, 2.75) is 32.9 Å². The molecule has 1 heterocycles. The van der Waals surface area contributed by atoms with Gasteiger partial charge in [0.1, 0.15) is 0 Å². The minimum atomic E-state index is 0.227. The summed E-state index contributed by atoms with van der Waals surface area (Å²) in [5, 5.41) is 10.9. The number of hydrogen-bond acceptors (Lipinski definition) is 2. The predicted octanol–water partition coefficient (Wildman–Crippen LogP) is 2.59. The number of nitrogens with one attached hydrogen (secondary N) is 2. The number of guanidine groups is 1. The van der Waals surface area contributed by atoms with Gasteiger partial charge in [-0.2, -0.15) is 5.10 Å². The Kier molecular flexibility index (Phi) is 6.48. The molecule has 0 radical (unpaired) electrons. The molecule has 0 aliphatic carbocycles. The normalized spacial score (nSPS) is 12.9. The molecule has 1 aromatic carbocycles. The fourth-order valence-corrected chi connectivity index (χ4v) is 2.21. The molecule has 0 amide bonds. The highest BCUT2D eigenvalue weighted by Crippen LogP contribution is 2.10. The lowest BCUT2D eigenvalue weighted by atomic mass is 10.1. The van der Waals surface area contributed by atoms with E-state index < -0.39 is 0 Å². The first-order valence-corrected chi connectivity index (χ1v) is 7.87. The molecule has 1 atom stereocenters. The first-order valence-electron chi connectivity index (χ1n) is 7.87. The second kappa shape index (κ2) is 8.87. The Balaban J connectivity index is 1.84. The van der Waals surface area contributed by atoms with E-state index in [0.717, 1.165) is 32.0 Å². The van der Waals surface area contributed by atoms with Crippen LogP contribution in [-0.2, 0) is 6.54 Å². The van der Waals surface area contributed by atoms with Crippen LogP contribution < -0.4 is 10.6 Å². The Bertz CT molecular complexity index is 548. The molecule has 1 unspecified atom stereocenters. The minimum absolute atomic E-state index is 0.227. The van der Waals surface area contributed by atoms with E-state index in [1.165, 1.54) is 5.56 Å². The molecule has 0 bridgehead atoms. The Morgan fingerprint density at radius 3 is 2.77 bits per heavy atom. The smallest absolute Gasteiger partial charge is 0.191 e. The number of nitrogens with zero attached hydrogens (tertiary/aromatic N) is 3. The molecule has 0 aliphatic heterocycles. The molecule has 5 heteroatoms. The van der Waals surface area contributed by atoms with Crippen LogP contribution in [0.15, 0.2) is 53.8 Å². The fraction of sp³-hybridized carbons (Fsp3) is 0.412. The van der Waals surface area contributed by atoms with Gasteiger partial charge in [-0.05, 0) is 31.9 Å². The summed E-state index contributed by atoms with van der Waals surface area (Å²) in [4.78, 5) is 4.63. The van der Waals surface area contributed by atoms with Gasteiger partial charge in [0.05, 0.1) is 6.04 Å². The summed E-state index contributed by atoms with van der Waals surface area (Å²) in [6.07, 6.45) is 4.75. The highest BCUT2D eigenvalue weighted by atomic mass is 15.3. The van der Waals surface area contributed by atoms with Gasteiger partial charge in [-0.25, -0.2) is 0 Å². The lowest BCUT2D eigenvalue weighted by molar-refractivity contribution is 0.582. The van der Waals surface area contributed by atoms with Crippen LogP contribution in [0.2, 0.25) is 0 Å². The zero-order chi connectivity index (χ0) is 15.6. The summed E-state index contributed by atoms with van der Waals surface area (Å²) < 4.78 is 1.93. The van der Waals surface area contributed by atoms with Crippen molar-refractivity contribution < 1.29 is 0 Å². The van der Waals surface area contributed by atoms with E-state index in [1.54, 1.807) is 6.20 Å². The van der Waals surface area contributed by atoms with Gasteiger partial charge >= 0.3 is 0 Å². The molecule has 0 spiro atoms. The third-order valence-electron chi connectivity index (χ3n) is 3.37. The maximum atomic E-state index is 4.63. The van der Waals surface area contributed by atoms with E-state index in [-0.39, 0.29) is 6.04 Å². The maximum Gasteiger partial charge on any atom is 0.191 e. The molecule has 0 aliphatic rings. The number of rotatable bonds is 7. The van der Waals surface area contributed by atoms with Crippen molar-refractivity contribution in [2.24, 2.45) is 4.99 Å². The highest BCUT2D eigenvalue weighted by Gasteiger charge is 2.06. The van der Waals surface area contributed by atoms with E-state index in [0.29, 0.717) is 0 Å². The van der Waals surface area contributed by atoms with Crippen LogP contribution in [-0.4, -0.2) is 28.8 Å². The van der Waals surface area contributed by atoms with Crippen LogP contribution >= 0.6 is 0 Å². The standard InChI is InChI=1S/C17H25N5/c1-3-18-17(19-11-7-13-22-14-8-12-20-22)21-15(2)16-9-5-4-6-10-16/h4-6,8-10,12,14-15H,3,7,11,13H2,1-2H3,(H2,18,19,21). The second-order valence-electron chi connectivity index (χ2n) is 5.16. The van der Waals surface area contributed by atoms with Crippen LogP contribution in [0.25, 0.3) is 0 Å². The SMILES string of the molecule is CCNC(=NCCCn1cccn1)NC(C)c1ccccc1. The molecular formula is C17H25N5. The minimum Gasteiger partial charge on any atom is -0.357 e. The van der Waals surface area contributed by atoms with E-state index in [1.807, 2.05) is 23.0 Å². The summed E-state index contributed by atoms with van der Waals surface area (Å²) in [5.74, 6) is 0.860. The second-order valence-corrected chi connectivity index (χ2v) is 5.16. The Morgan fingerprint density at radius 1 is 1.27 bits per heavy atom. The number of aromatic nitrogens is 2. The number of aryl methyl sites for hydroxylation is 1. The van der Waals surface area contributed by atoms with Crippen molar-refractivity contribution >= 4 is 5.96 Å². The maximum absolute atomic E-state index is 4.63. The topological polar surface area (TPSA) is 54.2 Å². The lowest BCUT2D eigenvalue weighted by Crippen LogP contribution is -2.38. The lowest BCUT2D eigenvalue weighted by Gasteiger charge is -2.18. The predicted molar refractivity (Wildman–Crippen MR) is 90.8 cm³/mol. The molecule has 5 nitrogen and oxygen atoms in total. The summed E-state index contributed by atoms with van der Waals surface area (Å²) in [6.45, 7) is 6.74. The van der Waals surface area contributed by atoms with Crippen molar-refractivity contribution in [2.75, 3.05) is 13.1 Å². The first-order chi connectivity index (χ1) is 10.8. The van der Waals surface area contributed by atoms with Gasteiger partial charge in [-0.3, -0.25) is 9.67 Å². The molecule has 2 rings (SSSR count). The molecule has 2 aromatic rings. The van der Waals surface area contributed by atoms with Gasteiger partial charge in [0, 0.05) is 32.0 Å². The van der Waals surface area contributed by atoms with Gasteiger partial charge < -0.3 is 10.6 Å². The van der Waals surface area contributed by atoms with Gasteiger partial charge in [-0.15, -0.1) is 0 Å². The van der Waals surface area contributed by atoms with Crippen molar-refractivity contribution in [3.8, 4) is 0 Å². The third-order valence-corrected chi connectivity index (χ3v) is 3.37. The van der Waals surface area contributed by atoms with Crippen LogP contribution in [0, 0.1) is 0 Å². The van der Waals surface area contributed by atoms with Crippen molar-refractivity contribution in [3.05, 3.63) is 54.4 Å². The van der Waals surface area contributed by atoms with Gasteiger partial charge in [0.25, 0.3) is 0 Å². The van der Waals surface area contributed by atoms with Gasteiger partial charge in [0.2, 0.25) is 0 Å². The van der Waals surface area contributed by atoms with Crippen LogP contribution in [0.4, 0.5) is 0 Å². The summed E-state index contributed by atoms with van der Waals surface area (Å²) in [7, 11) is 0. The Morgan fingerprint density at radius 2 is 2.09 bits per heavy atom. The molecule has 118 valence electrons. The summed E-state index contributed by atoms with van der Waals surface area (Å²) >= 11 is 0. The molecule has 22 heavy (non-hydrogen) atoms. The number of benzene rings is 1. The monoisotopic (exact) mass is 299 g/mol. The zero-order valence-corrected chi connectivity index (χ0v) is 13.4. The van der Waals surface area contributed by atoms with Crippen molar-refractivity contribution in [1.82, 2.24) is 20.4 Å². The molecule has 0 saturated heterocycles. The van der Waals surface area contributed by atoms with Gasteiger partial charge in [-0.1, -0.05) is 30.3 Å². The largest absolute Gasteiger partial charge is 0.357 e. The molecular weight excluding hydrogens is 274 g/mol. The summed E-state index contributed by atoms with van der Waals surface area (Å²) in [6, 6.07) is 12.6. The summed E-state index contributed by atoms with van der Waals surface area (Å²) in [5.41, 5.74) is 1.25. The van der Waals surface area contributed by atoms with E-state index in [2.05, 4.69) is 58.8 Å². The zero-order valence-electron chi connectivity index (χ0n) is 13.4. The van der Waals surface area contributed by atoms with Crippen LogP contribution in [0.3, 0.4) is 0 Å². The molecule has 0 fully saturated rings. The number of hydrogen-bond donors (Lipinski definition) is 2. The Hall–Kier alpha value is -2.30. The fourth-order valence-electron chi connectivity index (χ4n) is 2.21. The quantitative estimate of drug-likeness (QED) is 0.469. The average molecular weight is 299 g/mol. The van der Waals surface area contributed by atoms with Crippen molar-refractivity contribution in [1.29, 1.82) is 0 Å². The van der Waals surface area contributed by atoms with E-state index in [4.69, 9.17) is 0 Å². The molecule has 2 N–H and O–H groups in total. The number of aliphatic imine (C=N–C) groups is 1. The van der Waals surface area contributed by atoms with E-state index >= 15 is 0 Å².